The Hall–Kier alpha value is -1.87. The van der Waals surface area contributed by atoms with Gasteiger partial charge in [-0.15, -0.1) is 0 Å². The Kier molecular flexibility index (Phi) is 3.40. The minimum Gasteiger partial charge on any atom is -0.508 e. The fourth-order valence-electron chi connectivity index (χ4n) is 1.48. The molecule has 0 saturated carbocycles. The van der Waals surface area contributed by atoms with E-state index >= 15 is 0 Å². The number of nitrogens with one attached hydrogen (secondary N) is 1. The Bertz CT molecular complexity index is 511. The summed E-state index contributed by atoms with van der Waals surface area (Å²) in [5.74, 6) is 0.941. The van der Waals surface area contributed by atoms with Crippen molar-refractivity contribution < 1.29 is 9.84 Å². The summed E-state index contributed by atoms with van der Waals surface area (Å²) in [5.41, 5.74) is 1.63. The van der Waals surface area contributed by atoms with E-state index in [9.17, 15) is 5.11 Å². The first-order valence-electron chi connectivity index (χ1n) is 5.08. The number of hydrogen-bond acceptors (Lipinski definition) is 3. The smallest absolute Gasteiger partial charge is 0.142 e. The van der Waals surface area contributed by atoms with Crippen LogP contribution in [0.4, 0.5) is 11.4 Å². The van der Waals surface area contributed by atoms with Gasteiger partial charge in [0.15, 0.2) is 0 Å². The third kappa shape index (κ3) is 2.82. The van der Waals surface area contributed by atoms with Gasteiger partial charge >= 0.3 is 0 Å². The molecular formula is C13H12ClNO2. The molecule has 0 saturated heterocycles. The van der Waals surface area contributed by atoms with Gasteiger partial charge < -0.3 is 15.2 Å². The van der Waals surface area contributed by atoms with Gasteiger partial charge in [0, 0.05) is 10.7 Å². The van der Waals surface area contributed by atoms with Crippen LogP contribution in [0.3, 0.4) is 0 Å². The van der Waals surface area contributed by atoms with Crippen molar-refractivity contribution in [2.45, 2.75) is 0 Å². The predicted molar refractivity (Wildman–Crippen MR) is 69.4 cm³/mol. The monoisotopic (exact) mass is 249 g/mol. The SMILES string of the molecule is COc1ccc(Cl)cc1Nc1ccc(O)cc1. The fraction of sp³-hybridized carbons (Fsp3) is 0.0769. The molecule has 0 atom stereocenters. The van der Waals surface area contributed by atoms with Gasteiger partial charge in [-0.05, 0) is 42.5 Å². The summed E-state index contributed by atoms with van der Waals surface area (Å²) in [6.45, 7) is 0. The molecular weight excluding hydrogens is 238 g/mol. The van der Waals surface area contributed by atoms with Crippen molar-refractivity contribution in [1.29, 1.82) is 0 Å². The van der Waals surface area contributed by atoms with Crippen LogP contribution in [-0.2, 0) is 0 Å². The molecule has 0 bridgehead atoms. The van der Waals surface area contributed by atoms with E-state index in [2.05, 4.69) is 5.32 Å². The van der Waals surface area contributed by atoms with Crippen molar-refractivity contribution >= 4 is 23.0 Å². The van der Waals surface area contributed by atoms with Gasteiger partial charge in [0.1, 0.15) is 11.5 Å². The van der Waals surface area contributed by atoms with E-state index in [0.29, 0.717) is 10.8 Å². The minimum atomic E-state index is 0.230. The Morgan fingerprint density at radius 2 is 1.82 bits per heavy atom. The first kappa shape index (κ1) is 11.6. The van der Waals surface area contributed by atoms with Crippen LogP contribution < -0.4 is 10.1 Å². The largest absolute Gasteiger partial charge is 0.508 e. The third-order valence-corrected chi connectivity index (χ3v) is 2.54. The molecule has 0 aromatic heterocycles. The van der Waals surface area contributed by atoms with Crippen LogP contribution in [0.5, 0.6) is 11.5 Å². The van der Waals surface area contributed by atoms with E-state index in [1.54, 1.807) is 49.6 Å². The van der Waals surface area contributed by atoms with E-state index in [4.69, 9.17) is 16.3 Å². The van der Waals surface area contributed by atoms with E-state index in [1.807, 2.05) is 0 Å². The Balaban J connectivity index is 2.28. The zero-order valence-corrected chi connectivity index (χ0v) is 10.0. The Labute approximate surface area is 105 Å². The lowest BCUT2D eigenvalue weighted by molar-refractivity contribution is 0.417. The fourth-order valence-corrected chi connectivity index (χ4v) is 1.65. The molecule has 0 aliphatic rings. The van der Waals surface area contributed by atoms with E-state index in [1.165, 1.54) is 0 Å². The molecule has 2 N–H and O–H groups in total. The van der Waals surface area contributed by atoms with Crippen molar-refractivity contribution in [2.24, 2.45) is 0 Å². The number of ether oxygens (including phenoxy) is 1. The molecule has 0 aliphatic heterocycles. The Morgan fingerprint density at radius 1 is 1.12 bits per heavy atom. The second-order valence-corrected chi connectivity index (χ2v) is 3.95. The van der Waals surface area contributed by atoms with Gasteiger partial charge in [-0.1, -0.05) is 11.6 Å². The highest BCUT2D eigenvalue weighted by atomic mass is 35.5. The molecule has 2 rings (SSSR count). The average molecular weight is 250 g/mol. The molecule has 88 valence electrons. The zero-order chi connectivity index (χ0) is 12.3. The second-order valence-electron chi connectivity index (χ2n) is 3.52. The lowest BCUT2D eigenvalue weighted by Gasteiger charge is -2.11. The number of anilines is 2. The third-order valence-electron chi connectivity index (χ3n) is 2.31. The van der Waals surface area contributed by atoms with Gasteiger partial charge in [0.05, 0.1) is 12.8 Å². The van der Waals surface area contributed by atoms with Crippen molar-refractivity contribution in [3.05, 3.63) is 47.5 Å². The number of phenolic OH excluding ortho intramolecular Hbond substituents is 1. The first-order chi connectivity index (χ1) is 8.19. The molecule has 3 nitrogen and oxygen atoms in total. The molecule has 17 heavy (non-hydrogen) atoms. The molecule has 0 unspecified atom stereocenters. The summed E-state index contributed by atoms with van der Waals surface area (Å²) in [4.78, 5) is 0. The first-order valence-corrected chi connectivity index (χ1v) is 5.46. The summed E-state index contributed by atoms with van der Waals surface area (Å²) in [7, 11) is 1.60. The van der Waals surface area contributed by atoms with E-state index < -0.39 is 0 Å². The lowest BCUT2D eigenvalue weighted by atomic mass is 10.2. The highest BCUT2D eigenvalue weighted by Gasteiger charge is 2.04. The number of aromatic hydroxyl groups is 1. The molecule has 2 aromatic carbocycles. The normalized spacial score (nSPS) is 10.0. The maximum absolute atomic E-state index is 9.19. The van der Waals surface area contributed by atoms with Crippen LogP contribution in [0.25, 0.3) is 0 Å². The number of halogens is 1. The van der Waals surface area contributed by atoms with Crippen molar-refractivity contribution in [3.63, 3.8) is 0 Å². The van der Waals surface area contributed by atoms with Gasteiger partial charge in [-0.3, -0.25) is 0 Å². The zero-order valence-electron chi connectivity index (χ0n) is 9.27. The van der Waals surface area contributed by atoms with Gasteiger partial charge in [-0.25, -0.2) is 0 Å². The number of phenols is 1. The van der Waals surface area contributed by atoms with Gasteiger partial charge in [0.25, 0.3) is 0 Å². The summed E-state index contributed by atoms with van der Waals surface area (Å²) in [5, 5.41) is 13.0. The molecule has 0 fully saturated rings. The molecule has 0 heterocycles. The van der Waals surface area contributed by atoms with Crippen LogP contribution in [0, 0.1) is 0 Å². The number of rotatable bonds is 3. The average Bonchev–Trinajstić information content (AvgIpc) is 2.32. The highest BCUT2D eigenvalue weighted by Crippen LogP contribution is 2.30. The maximum Gasteiger partial charge on any atom is 0.142 e. The predicted octanol–water partition coefficient (Wildman–Crippen LogP) is 3.80. The van der Waals surface area contributed by atoms with Gasteiger partial charge in [0.2, 0.25) is 0 Å². The summed E-state index contributed by atoms with van der Waals surface area (Å²) in [6, 6.07) is 12.1. The van der Waals surface area contributed by atoms with Gasteiger partial charge in [-0.2, -0.15) is 0 Å². The van der Waals surface area contributed by atoms with Crippen LogP contribution in [0.1, 0.15) is 0 Å². The standard InChI is InChI=1S/C13H12ClNO2/c1-17-13-7-2-9(14)8-12(13)15-10-3-5-11(16)6-4-10/h2-8,15-16H,1H3. The summed E-state index contributed by atoms with van der Waals surface area (Å²) in [6.07, 6.45) is 0. The van der Waals surface area contributed by atoms with Crippen molar-refractivity contribution in [3.8, 4) is 11.5 Å². The van der Waals surface area contributed by atoms with E-state index in [0.717, 1.165) is 11.4 Å². The number of methoxy groups -OCH3 is 1. The summed E-state index contributed by atoms with van der Waals surface area (Å²) >= 11 is 5.93. The quantitative estimate of drug-likeness (QED) is 0.813. The molecule has 0 spiro atoms. The topological polar surface area (TPSA) is 41.5 Å². The van der Waals surface area contributed by atoms with Crippen molar-refractivity contribution in [2.75, 3.05) is 12.4 Å². The van der Waals surface area contributed by atoms with Crippen molar-refractivity contribution in [1.82, 2.24) is 0 Å². The number of hydrogen-bond donors (Lipinski definition) is 2. The highest BCUT2D eigenvalue weighted by molar-refractivity contribution is 6.31. The molecule has 4 heteroatoms. The Morgan fingerprint density at radius 3 is 2.47 bits per heavy atom. The second kappa shape index (κ2) is 4.97. The lowest BCUT2D eigenvalue weighted by Crippen LogP contribution is -1.94. The minimum absolute atomic E-state index is 0.230. The summed E-state index contributed by atoms with van der Waals surface area (Å²) < 4.78 is 5.23. The number of benzene rings is 2. The maximum atomic E-state index is 9.19. The van der Waals surface area contributed by atoms with Crippen LogP contribution in [-0.4, -0.2) is 12.2 Å². The van der Waals surface area contributed by atoms with Crippen LogP contribution in [0.2, 0.25) is 5.02 Å². The molecule has 0 aliphatic carbocycles. The van der Waals surface area contributed by atoms with E-state index in [-0.39, 0.29) is 5.75 Å². The molecule has 0 amide bonds. The molecule has 0 radical (unpaired) electrons. The van der Waals surface area contributed by atoms with Crippen LogP contribution >= 0.6 is 11.6 Å². The van der Waals surface area contributed by atoms with Crippen LogP contribution in [0.15, 0.2) is 42.5 Å². The molecule has 2 aromatic rings.